The highest BCUT2D eigenvalue weighted by molar-refractivity contribution is 14.1. The average Bonchev–Trinajstić information content (AvgIpc) is 2.43. The summed E-state index contributed by atoms with van der Waals surface area (Å²) < 4.78 is 1.91. The van der Waals surface area contributed by atoms with Gasteiger partial charge in [-0.2, -0.15) is 0 Å². The fourth-order valence-corrected chi connectivity index (χ4v) is 3.13. The van der Waals surface area contributed by atoms with Crippen LogP contribution < -0.4 is 5.32 Å². The van der Waals surface area contributed by atoms with E-state index in [0.717, 1.165) is 13.0 Å². The van der Waals surface area contributed by atoms with Crippen LogP contribution in [0, 0.1) is 2.88 Å². The van der Waals surface area contributed by atoms with Gasteiger partial charge in [0.2, 0.25) is 0 Å². The van der Waals surface area contributed by atoms with Gasteiger partial charge in [-0.25, -0.2) is 4.79 Å². The van der Waals surface area contributed by atoms with Gasteiger partial charge in [-0.1, -0.05) is 0 Å². The van der Waals surface area contributed by atoms with Crippen LogP contribution in [-0.2, 0) is 0 Å². The first-order valence-corrected chi connectivity index (χ1v) is 5.60. The SMILES string of the molecule is O=C(O)Nc1c(I)sc2cnccc12. The second-order valence-electron chi connectivity index (χ2n) is 2.55. The number of amides is 1. The topological polar surface area (TPSA) is 62.2 Å². The highest BCUT2D eigenvalue weighted by Crippen LogP contribution is 2.35. The summed E-state index contributed by atoms with van der Waals surface area (Å²) in [5.41, 5.74) is 0.653. The van der Waals surface area contributed by atoms with Crippen LogP contribution in [0.2, 0.25) is 0 Å². The highest BCUT2D eigenvalue weighted by Gasteiger charge is 2.11. The van der Waals surface area contributed by atoms with Crippen molar-refractivity contribution in [3.63, 3.8) is 0 Å². The molecule has 4 nitrogen and oxygen atoms in total. The van der Waals surface area contributed by atoms with Crippen LogP contribution >= 0.6 is 33.9 Å². The zero-order chi connectivity index (χ0) is 10.1. The van der Waals surface area contributed by atoms with E-state index in [4.69, 9.17) is 5.11 Å². The van der Waals surface area contributed by atoms with Gasteiger partial charge in [0.15, 0.2) is 0 Å². The monoisotopic (exact) mass is 320 g/mol. The molecule has 0 radical (unpaired) electrons. The molecular weight excluding hydrogens is 315 g/mol. The first-order chi connectivity index (χ1) is 6.68. The molecule has 0 bridgehead atoms. The number of aromatic nitrogens is 1. The third-order valence-electron chi connectivity index (χ3n) is 1.68. The number of carboxylic acid groups (broad SMARTS) is 1. The Balaban J connectivity index is 2.62. The third kappa shape index (κ3) is 1.67. The van der Waals surface area contributed by atoms with Crippen LogP contribution in [0.5, 0.6) is 0 Å². The minimum Gasteiger partial charge on any atom is -0.465 e. The van der Waals surface area contributed by atoms with Crippen molar-refractivity contribution in [3.8, 4) is 0 Å². The minimum atomic E-state index is -1.04. The molecule has 0 aliphatic rings. The molecule has 1 amide bonds. The second-order valence-corrected chi connectivity index (χ2v) is 5.42. The van der Waals surface area contributed by atoms with Crippen LogP contribution in [0.25, 0.3) is 10.1 Å². The number of hydrogen-bond donors (Lipinski definition) is 2. The number of thiophene rings is 1. The minimum absolute atomic E-state index is 0.653. The van der Waals surface area contributed by atoms with Crippen LogP contribution in [0.1, 0.15) is 0 Å². The fraction of sp³-hybridized carbons (Fsp3) is 0. The van der Waals surface area contributed by atoms with E-state index >= 15 is 0 Å². The van der Waals surface area contributed by atoms with Crippen LogP contribution in [0.4, 0.5) is 10.5 Å². The maximum atomic E-state index is 10.5. The Morgan fingerprint density at radius 3 is 3.14 bits per heavy atom. The first-order valence-electron chi connectivity index (χ1n) is 3.70. The van der Waals surface area contributed by atoms with Gasteiger partial charge in [-0.3, -0.25) is 10.3 Å². The van der Waals surface area contributed by atoms with Crippen LogP contribution in [0.15, 0.2) is 18.5 Å². The summed E-state index contributed by atoms with van der Waals surface area (Å²) in [6, 6.07) is 1.80. The molecule has 0 spiro atoms. The quantitative estimate of drug-likeness (QED) is 0.794. The number of carbonyl (C=O) groups is 1. The molecule has 2 heterocycles. The smallest absolute Gasteiger partial charge is 0.409 e. The molecule has 6 heteroatoms. The molecule has 2 aromatic rings. The summed E-state index contributed by atoms with van der Waals surface area (Å²) >= 11 is 3.63. The molecule has 2 rings (SSSR count). The number of halogens is 1. The maximum Gasteiger partial charge on any atom is 0.409 e. The molecule has 0 unspecified atom stereocenters. The Hall–Kier alpha value is -0.890. The van der Waals surface area contributed by atoms with Crippen molar-refractivity contribution in [2.45, 2.75) is 0 Å². The molecular formula is C8H5IN2O2S. The lowest BCUT2D eigenvalue weighted by Crippen LogP contribution is -2.07. The predicted octanol–water partition coefficient (Wildman–Crippen LogP) is 2.99. The Labute approximate surface area is 97.1 Å². The normalized spacial score (nSPS) is 10.4. The number of hydrogen-bond acceptors (Lipinski definition) is 3. The lowest BCUT2D eigenvalue weighted by molar-refractivity contribution is 0.210. The molecule has 14 heavy (non-hydrogen) atoms. The molecule has 0 fully saturated rings. The molecule has 0 atom stereocenters. The molecule has 0 aromatic carbocycles. The van der Waals surface area contributed by atoms with Gasteiger partial charge in [0.05, 0.1) is 13.3 Å². The van der Waals surface area contributed by atoms with Crippen molar-refractivity contribution >= 4 is 55.8 Å². The summed E-state index contributed by atoms with van der Waals surface area (Å²) in [6.45, 7) is 0. The molecule has 0 aliphatic heterocycles. The predicted molar refractivity (Wildman–Crippen MR) is 64.0 cm³/mol. The van der Waals surface area contributed by atoms with Crippen molar-refractivity contribution in [1.82, 2.24) is 4.98 Å². The number of nitrogens with one attached hydrogen (secondary N) is 1. The Kier molecular flexibility index (Phi) is 2.55. The van der Waals surface area contributed by atoms with E-state index in [9.17, 15) is 4.79 Å². The van der Waals surface area contributed by atoms with Gasteiger partial charge < -0.3 is 5.11 Å². The van der Waals surface area contributed by atoms with Crippen molar-refractivity contribution in [3.05, 3.63) is 21.3 Å². The molecule has 0 aliphatic carbocycles. The zero-order valence-corrected chi connectivity index (χ0v) is 9.79. The van der Waals surface area contributed by atoms with E-state index in [0.29, 0.717) is 5.69 Å². The van der Waals surface area contributed by atoms with E-state index in [-0.39, 0.29) is 0 Å². The van der Waals surface area contributed by atoms with Crippen molar-refractivity contribution < 1.29 is 9.90 Å². The van der Waals surface area contributed by atoms with Gasteiger partial charge in [-0.05, 0) is 28.7 Å². The second kappa shape index (κ2) is 3.70. The summed E-state index contributed by atoms with van der Waals surface area (Å²) in [5, 5.41) is 11.9. The van der Waals surface area contributed by atoms with E-state index in [1.165, 1.54) is 11.3 Å². The number of pyridine rings is 1. The standard InChI is InChI=1S/C8H5IN2O2S/c9-7-6(11-8(12)13)4-1-2-10-3-5(4)14-7/h1-3,11H,(H,12,13). The highest BCUT2D eigenvalue weighted by atomic mass is 127. The van der Waals surface area contributed by atoms with E-state index in [1.54, 1.807) is 18.5 Å². The lowest BCUT2D eigenvalue weighted by Gasteiger charge is -1.98. The lowest BCUT2D eigenvalue weighted by atomic mass is 10.3. The molecule has 2 aromatic heterocycles. The molecule has 0 saturated heterocycles. The van der Waals surface area contributed by atoms with E-state index in [1.807, 2.05) is 0 Å². The maximum absolute atomic E-state index is 10.5. The number of fused-ring (bicyclic) bond motifs is 1. The fourth-order valence-electron chi connectivity index (χ4n) is 1.14. The van der Waals surface area contributed by atoms with Crippen LogP contribution in [-0.4, -0.2) is 16.2 Å². The average molecular weight is 320 g/mol. The summed E-state index contributed by atoms with van der Waals surface area (Å²) in [7, 11) is 0. The van der Waals surface area contributed by atoms with Gasteiger partial charge in [0, 0.05) is 17.8 Å². The summed E-state index contributed by atoms with van der Waals surface area (Å²) in [6.07, 6.45) is 2.34. The van der Waals surface area contributed by atoms with E-state index < -0.39 is 6.09 Å². The number of nitrogens with zero attached hydrogens (tertiary/aromatic N) is 1. The van der Waals surface area contributed by atoms with Crippen molar-refractivity contribution in [2.75, 3.05) is 5.32 Å². The molecule has 0 saturated carbocycles. The van der Waals surface area contributed by atoms with Gasteiger partial charge in [-0.15, -0.1) is 11.3 Å². The summed E-state index contributed by atoms with van der Waals surface area (Å²) in [5.74, 6) is 0. The zero-order valence-electron chi connectivity index (χ0n) is 6.82. The van der Waals surface area contributed by atoms with Gasteiger partial charge in [0.25, 0.3) is 0 Å². The summed E-state index contributed by atoms with van der Waals surface area (Å²) in [4.78, 5) is 14.5. The largest absolute Gasteiger partial charge is 0.465 e. The number of anilines is 1. The van der Waals surface area contributed by atoms with Gasteiger partial charge >= 0.3 is 6.09 Å². The van der Waals surface area contributed by atoms with Crippen molar-refractivity contribution in [1.29, 1.82) is 0 Å². The Morgan fingerprint density at radius 2 is 2.43 bits per heavy atom. The van der Waals surface area contributed by atoms with Gasteiger partial charge in [0.1, 0.15) is 0 Å². The van der Waals surface area contributed by atoms with Crippen molar-refractivity contribution in [2.24, 2.45) is 0 Å². The Morgan fingerprint density at radius 1 is 1.64 bits per heavy atom. The van der Waals surface area contributed by atoms with Crippen LogP contribution in [0.3, 0.4) is 0 Å². The van der Waals surface area contributed by atoms with E-state index in [2.05, 4.69) is 32.9 Å². The first kappa shape index (κ1) is 9.66. The molecule has 72 valence electrons. The number of rotatable bonds is 1. The Bertz CT molecular complexity index is 497. The third-order valence-corrected chi connectivity index (χ3v) is 3.81. The molecule has 2 N–H and O–H groups in total.